The summed E-state index contributed by atoms with van der Waals surface area (Å²) in [6.07, 6.45) is 10.0. The molecule has 4 nitrogen and oxygen atoms in total. The minimum atomic E-state index is 0.373. The summed E-state index contributed by atoms with van der Waals surface area (Å²) in [7, 11) is 0. The van der Waals surface area contributed by atoms with E-state index in [9.17, 15) is 5.11 Å². The molecule has 4 atom stereocenters. The first kappa shape index (κ1) is 20.5. The van der Waals surface area contributed by atoms with Crippen molar-refractivity contribution in [2.24, 2.45) is 17.3 Å². The molecule has 3 aliphatic carbocycles. The molecule has 0 spiro atoms. The molecule has 1 heterocycles. The van der Waals surface area contributed by atoms with Crippen LogP contribution in [0.15, 0.2) is 29.8 Å². The summed E-state index contributed by atoms with van der Waals surface area (Å²) in [5.74, 6) is 2.74. The van der Waals surface area contributed by atoms with Gasteiger partial charge in [-0.2, -0.15) is 0 Å². The highest BCUT2D eigenvalue weighted by Gasteiger charge is 2.52. The lowest BCUT2D eigenvalue weighted by atomic mass is 9.55. The molecule has 0 aromatic heterocycles. The second kappa shape index (κ2) is 8.64. The van der Waals surface area contributed by atoms with Crippen LogP contribution in [0.3, 0.4) is 0 Å². The average molecular weight is 411 g/mol. The van der Waals surface area contributed by atoms with Crippen LogP contribution in [0.5, 0.6) is 5.75 Å². The van der Waals surface area contributed by atoms with Crippen molar-refractivity contribution in [1.29, 1.82) is 0 Å². The number of fused-ring (bicyclic) bond motifs is 5. The Morgan fingerprint density at radius 2 is 2.07 bits per heavy atom. The van der Waals surface area contributed by atoms with Gasteiger partial charge in [-0.3, -0.25) is 4.90 Å². The molecule has 2 N–H and O–H groups in total. The van der Waals surface area contributed by atoms with Gasteiger partial charge in [0.2, 0.25) is 0 Å². The molecule has 164 valence electrons. The number of aryl methyl sites for hydroxylation is 1. The van der Waals surface area contributed by atoms with Crippen LogP contribution >= 0.6 is 0 Å². The molecule has 5 rings (SSSR count). The highest BCUT2D eigenvalue weighted by atomic mass is 16.5. The summed E-state index contributed by atoms with van der Waals surface area (Å²) in [6.45, 7) is 9.74. The third kappa shape index (κ3) is 3.83. The third-order valence-electron chi connectivity index (χ3n) is 8.77. The molecule has 3 fully saturated rings. The molecule has 2 saturated carbocycles. The van der Waals surface area contributed by atoms with Crippen molar-refractivity contribution in [2.45, 2.75) is 51.4 Å². The summed E-state index contributed by atoms with van der Waals surface area (Å²) in [4.78, 5) is 2.50. The van der Waals surface area contributed by atoms with E-state index in [1.165, 1.54) is 43.2 Å². The van der Waals surface area contributed by atoms with Gasteiger partial charge in [0.15, 0.2) is 0 Å². The summed E-state index contributed by atoms with van der Waals surface area (Å²) >= 11 is 0. The molecule has 4 aliphatic rings. The Bertz CT molecular complexity index is 785. The largest absolute Gasteiger partial charge is 0.508 e. The number of hydrogen-bond acceptors (Lipinski definition) is 4. The molecule has 1 saturated heterocycles. The number of piperazine rings is 1. The Labute approximate surface area is 181 Å². The van der Waals surface area contributed by atoms with Crippen LogP contribution in [0.2, 0.25) is 0 Å². The number of phenols is 1. The molecule has 0 unspecified atom stereocenters. The van der Waals surface area contributed by atoms with Gasteiger partial charge in [-0.15, -0.1) is 0 Å². The van der Waals surface area contributed by atoms with Gasteiger partial charge in [-0.1, -0.05) is 24.6 Å². The molecule has 4 heteroatoms. The van der Waals surface area contributed by atoms with Crippen molar-refractivity contribution in [3.63, 3.8) is 0 Å². The van der Waals surface area contributed by atoms with Crippen LogP contribution in [0.4, 0.5) is 0 Å². The standard InChI is InChI=1S/C26H38N2O2/c1-26-10-8-23-22-6-4-21(29)18-19(22)2-5-24(23)25(26)7-3-20(26)9-16-30-17-15-28-13-11-27-12-14-28/h4,6,9,18,23-25,27,29H,2-3,5,7-8,10-17H2,1H3/t23-,24-,25+,26-/m1/s1. The van der Waals surface area contributed by atoms with Gasteiger partial charge in [0.25, 0.3) is 0 Å². The lowest BCUT2D eigenvalue weighted by molar-refractivity contribution is 0.0797. The Balaban J connectivity index is 1.20. The van der Waals surface area contributed by atoms with Gasteiger partial charge in [0, 0.05) is 32.7 Å². The number of nitrogens with zero attached hydrogens (tertiary/aromatic N) is 1. The van der Waals surface area contributed by atoms with Crippen molar-refractivity contribution in [3.8, 4) is 5.75 Å². The zero-order valence-electron chi connectivity index (χ0n) is 18.5. The number of allylic oxidation sites excluding steroid dienone is 1. The maximum absolute atomic E-state index is 9.88. The second-order valence-electron chi connectivity index (χ2n) is 10.2. The van der Waals surface area contributed by atoms with Crippen molar-refractivity contribution >= 4 is 0 Å². The van der Waals surface area contributed by atoms with E-state index in [4.69, 9.17) is 4.74 Å². The van der Waals surface area contributed by atoms with Crippen LogP contribution in [0.1, 0.15) is 56.1 Å². The van der Waals surface area contributed by atoms with E-state index < -0.39 is 0 Å². The number of benzene rings is 1. The monoisotopic (exact) mass is 410 g/mol. The SMILES string of the molecule is C[C@]12CC[C@@H]3c4ccc(O)cc4CC[C@H]3[C@@H]1CCC2=CCOCCN1CCNCC1. The Morgan fingerprint density at radius 3 is 2.93 bits per heavy atom. The van der Waals surface area contributed by atoms with Crippen LogP contribution in [-0.4, -0.2) is 55.9 Å². The molecule has 0 radical (unpaired) electrons. The molecule has 30 heavy (non-hydrogen) atoms. The number of hydrogen-bond donors (Lipinski definition) is 2. The van der Waals surface area contributed by atoms with Crippen LogP contribution in [0.25, 0.3) is 0 Å². The highest BCUT2D eigenvalue weighted by molar-refractivity contribution is 5.40. The van der Waals surface area contributed by atoms with E-state index >= 15 is 0 Å². The van der Waals surface area contributed by atoms with Crippen LogP contribution in [-0.2, 0) is 11.2 Å². The minimum absolute atomic E-state index is 0.373. The smallest absolute Gasteiger partial charge is 0.115 e. The molecule has 1 aromatic rings. The number of phenolic OH excluding ortho intramolecular Hbond substituents is 1. The van der Waals surface area contributed by atoms with Crippen LogP contribution < -0.4 is 5.32 Å². The van der Waals surface area contributed by atoms with E-state index in [2.05, 4.69) is 29.3 Å². The number of ether oxygens (including phenoxy) is 1. The van der Waals surface area contributed by atoms with Gasteiger partial charge < -0.3 is 15.2 Å². The normalized spacial score (nSPS) is 35.1. The number of nitrogens with one attached hydrogen (secondary N) is 1. The first-order valence-corrected chi connectivity index (χ1v) is 12.2. The Morgan fingerprint density at radius 1 is 1.20 bits per heavy atom. The molecule has 0 amide bonds. The van der Waals surface area contributed by atoms with Gasteiger partial charge in [0.05, 0.1) is 13.2 Å². The summed E-state index contributed by atoms with van der Waals surface area (Å²) < 4.78 is 6.03. The summed E-state index contributed by atoms with van der Waals surface area (Å²) in [5.41, 5.74) is 4.97. The van der Waals surface area contributed by atoms with Gasteiger partial charge in [-0.05, 0) is 85.0 Å². The molecule has 0 bridgehead atoms. The van der Waals surface area contributed by atoms with E-state index in [-0.39, 0.29) is 0 Å². The van der Waals surface area contributed by atoms with Crippen molar-refractivity contribution in [2.75, 3.05) is 45.9 Å². The minimum Gasteiger partial charge on any atom is -0.508 e. The first-order valence-electron chi connectivity index (χ1n) is 12.2. The maximum atomic E-state index is 9.88. The lowest BCUT2D eigenvalue weighted by Crippen LogP contribution is -2.44. The predicted molar refractivity (Wildman–Crippen MR) is 121 cm³/mol. The van der Waals surface area contributed by atoms with Gasteiger partial charge >= 0.3 is 0 Å². The fourth-order valence-corrected chi connectivity index (χ4v) is 7.12. The first-order chi connectivity index (χ1) is 14.6. The van der Waals surface area contributed by atoms with E-state index in [0.717, 1.165) is 64.2 Å². The zero-order chi connectivity index (χ0) is 20.6. The molecule has 1 aromatic carbocycles. The molecule has 1 aliphatic heterocycles. The van der Waals surface area contributed by atoms with Crippen LogP contribution in [0, 0.1) is 17.3 Å². The third-order valence-corrected chi connectivity index (χ3v) is 8.77. The topological polar surface area (TPSA) is 44.7 Å². The summed E-state index contributed by atoms with van der Waals surface area (Å²) in [6, 6.07) is 6.12. The highest BCUT2D eigenvalue weighted by Crippen LogP contribution is 2.62. The van der Waals surface area contributed by atoms with Crippen molar-refractivity contribution in [3.05, 3.63) is 41.0 Å². The molecular formula is C26H38N2O2. The number of rotatable bonds is 5. The predicted octanol–water partition coefficient (Wildman–Crippen LogP) is 4.10. The van der Waals surface area contributed by atoms with E-state index in [1.807, 2.05) is 12.1 Å². The van der Waals surface area contributed by atoms with Crippen molar-refractivity contribution < 1.29 is 9.84 Å². The fourth-order valence-electron chi connectivity index (χ4n) is 7.12. The van der Waals surface area contributed by atoms with Gasteiger partial charge in [0.1, 0.15) is 5.75 Å². The number of aromatic hydroxyl groups is 1. The van der Waals surface area contributed by atoms with Gasteiger partial charge in [-0.25, -0.2) is 0 Å². The maximum Gasteiger partial charge on any atom is 0.115 e. The van der Waals surface area contributed by atoms with E-state index in [0.29, 0.717) is 17.1 Å². The van der Waals surface area contributed by atoms with Crippen molar-refractivity contribution in [1.82, 2.24) is 10.2 Å². The Kier molecular flexibility index (Phi) is 5.92. The zero-order valence-corrected chi connectivity index (χ0v) is 18.5. The van der Waals surface area contributed by atoms with E-state index in [1.54, 1.807) is 5.57 Å². The Hall–Kier alpha value is -1.36. The second-order valence-corrected chi connectivity index (χ2v) is 10.2. The average Bonchev–Trinajstić information content (AvgIpc) is 3.10. The quantitative estimate of drug-likeness (QED) is 0.567. The summed E-state index contributed by atoms with van der Waals surface area (Å²) in [5, 5.41) is 13.3. The lowest BCUT2D eigenvalue weighted by Gasteiger charge is -2.49. The molecular weight excluding hydrogens is 372 g/mol. The fraction of sp³-hybridized carbons (Fsp3) is 0.692.